The number of hydrogen-bond donors (Lipinski definition) is 1. The number of amides is 1. The minimum Gasteiger partial charge on any atom is -0.507 e. The minimum atomic E-state index is -0.781. The largest absolute Gasteiger partial charge is 0.507 e. The molecule has 0 radical (unpaired) electrons. The first-order valence-corrected chi connectivity index (χ1v) is 10.8. The number of ketones is 1. The molecule has 1 amide bonds. The van der Waals surface area contributed by atoms with Crippen LogP contribution in [-0.4, -0.2) is 74.6 Å². The Balaban J connectivity index is 2.11. The molecule has 0 aliphatic carbocycles. The van der Waals surface area contributed by atoms with Crippen molar-refractivity contribution in [2.24, 2.45) is 0 Å². The molecule has 1 aliphatic heterocycles. The number of rotatable bonds is 10. The van der Waals surface area contributed by atoms with Crippen LogP contribution in [0.4, 0.5) is 0 Å². The lowest BCUT2D eigenvalue weighted by Crippen LogP contribution is -2.35. The summed E-state index contributed by atoms with van der Waals surface area (Å²) < 4.78 is 16.2. The van der Waals surface area contributed by atoms with E-state index in [4.69, 9.17) is 14.2 Å². The molecule has 1 aliphatic rings. The summed E-state index contributed by atoms with van der Waals surface area (Å²) in [6.07, 6.45) is 1.63. The molecule has 0 unspecified atom stereocenters. The quantitative estimate of drug-likeness (QED) is 0.249. The number of hydrogen-bond acceptors (Lipinski definition) is 7. The van der Waals surface area contributed by atoms with Gasteiger partial charge >= 0.3 is 0 Å². The molecule has 3 rings (SSSR count). The van der Waals surface area contributed by atoms with Gasteiger partial charge in [-0.2, -0.15) is 0 Å². The van der Waals surface area contributed by atoms with E-state index in [0.717, 1.165) is 0 Å². The van der Waals surface area contributed by atoms with Crippen molar-refractivity contribution in [3.05, 3.63) is 71.8 Å². The van der Waals surface area contributed by atoms with Crippen LogP contribution in [0.2, 0.25) is 0 Å². The summed E-state index contributed by atoms with van der Waals surface area (Å²) in [4.78, 5) is 29.6. The summed E-state index contributed by atoms with van der Waals surface area (Å²) in [5, 5.41) is 11.2. The highest BCUT2D eigenvalue weighted by Crippen LogP contribution is 2.41. The summed E-state index contributed by atoms with van der Waals surface area (Å²) in [7, 11) is 6.82. The fourth-order valence-corrected chi connectivity index (χ4v) is 3.81. The van der Waals surface area contributed by atoms with E-state index in [2.05, 4.69) is 6.58 Å². The zero-order valence-corrected chi connectivity index (χ0v) is 19.9. The minimum absolute atomic E-state index is 0.0238. The molecule has 1 heterocycles. The SMILES string of the molecule is C=CCOc1ccc(/C(O)=C2\C(=O)C(=O)N(CCN(C)C)[C@H]2c2ccc(OC)c(OC)c2)cc1. The molecule has 0 spiro atoms. The van der Waals surface area contributed by atoms with Crippen molar-refractivity contribution in [2.75, 3.05) is 48.0 Å². The lowest BCUT2D eigenvalue weighted by Gasteiger charge is -2.27. The third kappa shape index (κ3) is 5.07. The summed E-state index contributed by atoms with van der Waals surface area (Å²) in [5.74, 6) is -0.0641. The van der Waals surface area contributed by atoms with Gasteiger partial charge in [0.2, 0.25) is 0 Å². The number of methoxy groups -OCH3 is 2. The van der Waals surface area contributed by atoms with Crippen molar-refractivity contribution in [3.63, 3.8) is 0 Å². The Hall–Kier alpha value is -3.78. The number of nitrogens with zero attached hydrogens (tertiary/aromatic N) is 2. The maximum Gasteiger partial charge on any atom is 0.295 e. The number of aliphatic hydroxyl groups excluding tert-OH is 1. The van der Waals surface area contributed by atoms with Gasteiger partial charge in [-0.3, -0.25) is 9.59 Å². The second-order valence-corrected chi connectivity index (χ2v) is 8.03. The highest BCUT2D eigenvalue weighted by Gasteiger charge is 2.46. The van der Waals surface area contributed by atoms with Crippen LogP contribution in [-0.2, 0) is 9.59 Å². The molecule has 8 heteroatoms. The highest BCUT2D eigenvalue weighted by atomic mass is 16.5. The van der Waals surface area contributed by atoms with Crippen molar-refractivity contribution >= 4 is 17.4 Å². The average Bonchev–Trinajstić information content (AvgIpc) is 3.10. The lowest BCUT2D eigenvalue weighted by atomic mass is 9.95. The van der Waals surface area contributed by atoms with Gasteiger partial charge in [0, 0.05) is 18.7 Å². The molecule has 0 aromatic heterocycles. The Labute approximate surface area is 199 Å². The van der Waals surface area contributed by atoms with Crippen LogP contribution in [0.5, 0.6) is 17.2 Å². The van der Waals surface area contributed by atoms with Crippen molar-refractivity contribution in [1.29, 1.82) is 0 Å². The van der Waals surface area contributed by atoms with Crippen LogP contribution in [0, 0.1) is 0 Å². The highest BCUT2D eigenvalue weighted by molar-refractivity contribution is 6.46. The van der Waals surface area contributed by atoms with Gasteiger partial charge in [-0.15, -0.1) is 0 Å². The first-order valence-electron chi connectivity index (χ1n) is 10.8. The molecule has 34 heavy (non-hydrogen) atoms. The van der Waals surface area contributed by atoms with Gasteiger partial charge in [0.25, 0.3) is 11.7 Å². The molecule has 8 nitrogen and oxygen atoms in total. The Morgan fingerprint density at radius 3 is 2.35 bits per heavy atom. The third-order valence-electron chi connectivity index (χ3n) is 5.55. The molecule has 2 aromatic rings. The van der Waals surface area contributed by atoms with E-state index in [1.807, 2.05) is 19.0 Å². The Bertz CT molecular complexity index is 1090. The Kier molecular flexibility index (Phi) is 7.96. The van der Waals surface area contributed by atoms with Gasteiger partial charge in [0.15, 0.2) is 11.5 Å². The number of benzene rings is 2. The number of Topliss-reactive ketones (excluding diaryl/α,β-unsaturated/α-hetero) is 1. The topological polar surface area (TPSA) is 88.5 Å². The zero-order valence-electron chi connectivity index (χ0n) is 19.9. The van der Waals surface area contributed by atoms with E-state index >= 15 is 0 Å². The molecule has 1 atom stereocenters. The maximum atomic E-state index is 13.1. The summed E-state index contributed by atoms with van der Waals surface area (Å²) in [6.45, 7) is 4.82. The lowest BCUT2D eigenvalue weighted by molar-refractivity contribution is -0.140. The molecular formula is C26H30N2O6. The van der Waals surface area contributed by atoms with E-state index in [-0.39, 0.29) is 11.3 Å². The van der Waals surface area contributed by atoms with Crippen molar-refractivity contribution < 1.29 is 28.9 Å². The summed E-state index contributed by atoms with van der Waals surface area (Å²) in [6, 6.07) is 11.1. The molecule has 180 valence electrons. The van der Waals surface area contributed by atoms with Gasteiger partial charge in [-0.05, 0) is 56.1 Å². The first-order chi connectivity index (χ1) is 16.3. The van der Waals surface area contributed by atoms with Crippen LogP contribution >= 0.6 is 0 Å². The standard InChI is InChI=1S/C26H30N2O6/c1-6-15-34-19-10-7-17(8-11-19)24(29)22-23(18-9-12-20(32-4)21(16-18)33-5)28(14-13-27(2)3)26(31)25(22)30/h6-12,16,23,29H,1,13-15H2,2-5H3/b24-22+/t23-/m0/s1. The molecular weight excluding hydrogens is 436 g/mol. The number of aliphatic hydroxyl groups is 1. The fourth-order valence-electron chi connectivity index (χ4n) is 3.81. The second-order valence-electron chi connectivity index (χ2n) is 8.03. The van der Waals surface area contributed by atoms with Crippen LogP contribution in [0.25, 0.3) is 5.76 Å². The molecule has 1 saturated heterocycles. The average molecular weight is 467 g/mol. The summed E-state index contributed by atoms with van der Waals surface area (Å²) >= 11 is 0. The zero-order chi connectivity index (χ0) is 24.8. The number of carbonyl (C=O) groups is 2. The second kappa shape index (κ2) is 10.9. The van der Waals surface area contributed by atoms with Gasteiger partial charge < -0.3 is 29.1 Å². The van der Waals surface area contributed by atoms with E-state index in [1.54, 1.807) is 48.5 Å². The molecule has 1 fully saturated rings. The fraction of sp³-hybridized carbons (Fsp3) is 0.308. The monoisotopic (exact) mass is 466 g/mol. The predicted molar refractivity (Wildman–Crippen MR) is 129 cm³/mol. The molecule has 2 aromatic carbocycles. The Morgan fingerprint density at radius 2 is 1.76 bits per heavy atom. The van der Waals surface area contributed by atoms with Crippen molar-refractivity contribution in [3.8, 4) is 17.2 Å². The van der Waals surface area contributed by atoms with Crippen molar-refractivity contribution in [1.82, 2.24) is 9.80 Å². The third-order valence-corrected chi connectivity index (χ3v) is 5.55. The number of carbonyl (C=O) groups excluding carboxylic acids is 2. The first kappa shape index (κ1) is 24.9. The Morgan fingerprint density at radius 1 is 1.09 bits per heavy atom. The van der Waals surface area contributed by atoms with E-state index in [0.29, 0.717) is 48.1 Å². The predicted octanol–water partition coefficient (Wildman–Crippen LogP) is 3.25. The van der Waals surface area contributed by atoms with Crippen LogP contribution in [0.3, 0.4) is 0 Å². The van der Waals surface area contributed by atoms with Gasteiger partial charge in [-0.1, -0.05) is 18.7 Å². The maximum absolute atomic E-state index is 13.1. The van der Waals surface area contributed by atoms with E-state index < -0.39 is 17.7 Å². The van der Waals surface area contributed by atoms with Gasteiger partial charge in [-0.25, -0.2) is 0 Å². The number of likely N-dealkylation sites (N-methyl/N-ethyl adjacent to an activating group) is 1. The smallest absolute Gasteiger partial charge is 0.295 e. The van der Waals surface area contributed by atoms with Gasteiger partial charge in [0.05, 0.1) is 25.8 Å². The van der Waals surface area contributed by atoms with Crippen molar-refractivity contribution in [2.45, 2.75) is 6.04 Å². The number of ether oxygens (including phenoxy) is 3. The van der Waals surface area contributed by atoms with Crippen LogP contribution < -0.4 is 14.2 Å². The van der Waals surface area contributed by atoms with Gasteiger partial charge in [0.1, 0.15) is 18.1 Å². The normalized spacial score (nSPS) is 17.2. The summed E-state index contributed by atoms with van der Waals surface area (Å²) in [5.41, 5.74) is 1.06. The molecule has 0 saturated carbocycles. The van der Waals surface area contributed by atoms with Crippen LogP contribution in [0.15, 0.2) is 60.7 Å². The van der Waals surface area contributed by atoms with E-state index in [9.17, 15) is 14.7 Å². The van der Waals surface area contributed by atoms with E-state index in [1.165, 1.54) is 19.1 Å². The molecule has 0 bridgehead atoms. The molecule has 1 N–H and O–H groups in total. The van der Waals surface area contributed by atoms with Crippen LogP contribution in [0.1, 0.15) is 17.2 Å². The number of likely N-dealkylation sites (tertiary alicyclic amines) is 1.